The van der Waals surface area contributed by atoms with Crippen LogP contribution >= 0.6 is 0 Å². The molecular formula is C10H12F7U-. The number of hydrogen-bond donors (Lipinski definition) is 0. The molecule has 0 aliphatic rings. The van der Waals surface area contributed by atoms with Crippen molar-refractivity contribution in [2.45, 2.75) is 37.3 Å². The first kappa shape index (κ1) is 20.6. The number of halogens is 7. The maximum Gasteiger partial charge on any atom is 0.431 e. The van der Waals surface area contributed by atoms with Crippen LogP contribution in [-0.4, -0.2) is 18.0 Å². The quantitative estimate of drug-likeness (QED) is 0.292. The summed E-state index contributed by atoms with van der Waals surface area (Å²) in [6.07, 6.45) is -12.3. The molecule has 1 unspecified atom stereocenters. The molecule has 1 atom stereocenters. The molecule has 0 fully saturated rings. The third-order valence-corrected chi connectivity index (χ3v) is 2.25. The van der Waals surface area contributed by atoms with E-state index >= 15 is 0 Å². The summed E-state index contributed by atoms with van der Waals surface area (Å²) in [5.41, 5.74) is -5.20. The Morgan fingerprint density at radius 2 is 1.39 bits per heavy atom. The minimum absolute atomic E-state index is 0. The second-order valence-electron chi connectivity index (χ2n) is 3.73. The largest absolute Gasteiger partial charge is 0.431 e. The Labute approximate surface area is 124 Å². The van der Waals surface area contributed by atoms with Crippen LogP contribution in [0.2, 0.25) is 0 Å². The van der Waals surface area contributed by atoms with Gasteiger partial charge in [0, 0.05) is 31.1 Å². The summed E-state index contributed by atoms with van der Waals surface area (Å²) in [7, 11) is 0. The Morgan fingerprint density at radius 3 is 1.67 bits per heavy atom. The Kier molecular flexibility index (Phi) is 8.23. The Hall–Kier alpha value is 0.302. The van der Waals surface area contributed by atoms with Gasteiger partial charge >= 0.3 is 12.4 Å². The van der Waals surface area contributed by atoms with E-state index in [0.29, 0.717) is 0 Å². The molecule has 106 valence electrons. The second kappa shape index (κ2) is 7.18. The van der Waals surface area contributed by atoms with E-state index in [9.17, 15) is 30.7 Å². The average molecular weight is 503 g/mol. The molecule has 0 aromatic rings. The summed E-state index contributed by atoms with van der Waals surface area (Å²) in [5, 5.41) is 0. The fourth-order valence-electron chi connectivity index (χ4n) is 1.25. The van der Waals surface area contributed by atoms with Crippen molar-refractivity contribution >= 4 is 0 Å². The van der Waals surface area contributed by atoms with E-state index in [2.05, 4.69) is 13.5 Å². The van der Waals surface area contributed by atoms with Gasteiger partial charge in [-0.1, -0.05) is 12.5 Å². The van der Waals surface area contributed by atoms with Crippen molar-refractivity contribution in [1.82, 2.24) is 0 Å². The molecule has 0 saturated heterocycles. The predicted octanol–water partition coefficient (Wildman–Crippen LogP) is 4.63. The van der Waals surface area contributed by atoms with Crippen LogP contribution in [0.5, 0.6) is 0 Å². The van der Waals surface area contributed by atoms with Gasteiger partial charge in [0.05, 0.1) is 0 Å². The third kappa shape index (κ3) is 5.12. The molecule has 0 spiro atoms. The summed E-state index contributed by atoms with van der Waals surface area (Å²) in [6.45, 7) is 6.36. The zero-order chi connectivity index (χ0) is 13.9. The Balaban J connectivity index is 0. The van der Waals surface area contributed by atoms with Gasteiger partial charge in [0.2, 0.25) is 0 Å². The molecule has 0 aromatic heterocycles. The Morgan fingerprint density at radius 1 is 1.00 bits per heavy atom. The molecule has 0 aliphatic heterocycles. The molecule has 18 heavy (non-hydrogen) atoms. The fraction of sp³-hybridized carbons (Fsp3) is 0.700. The van der Waals surface area contributed by atoms with Crippen molar-refractivity contribution in [3.63, 3.8) is 0 Å². The maximum absolute atomic E-state index is 13.2. The molecule has 0 rings (SSSR count). The molecule has 0 amide bonds. The zero-order valence-corrected chi connectivity index (χ0v) is 13.5. The Bertz CT molecular complexity index is 242. The van der Waals surface area contributed by atoms with Crippen LogP contribution in [0.25, 0.3) is 0 Å². The van der Waals surface area contributed by atoms with Crippen LogP contribution < -0.4 is 0 Å². The summed E-state index contributed by atoms with van der Waals surface area (Å²) >= 11 is 0. The minimum atomic E-state index is -5.99. The van der Waals surface area contributed by atoms with Gasteiger partial charge in [-0.2, -0.15) is 32.3 Å². The van der Waals surface area contributed by atoms with E-state index in [0.717, 1.165) is 0 Å². The monoisotopic (exact) mass is 503 g/mol. The van der Waals surface area contributed by atoms with E-state index in [1.807, 2.05) is 0 Å². The molecule has 0 N–H and O–H groups in total. The first-order chi connectivity index (χ1) is 7.45. The fourth-order valence-corrected chi connectivity index (χ4v) is 1.25. The van der Waals surface area contributed by atoms with Gasteiger partial charge in [-0.15, -0.1) is 6.58 Å². The summed E-state index contributed by atoms with van der Waals surface area (Å²) in [6, 6.07) is 0. The van der Waals surface area contributed by atoms with Crippen molar-refractivity contribution < 1.29 is 61.8 Å². The van der Waals surface area contributed by atoms with Crippen molar-refractivity contribution in [2.75, 3.05) is 0 Å². The van der Waals surface area contributed by atoms with Crippen LogP contribution in [0, 0.1) is 44.0 Å². The SMILES string of the molecule is C=CCCC([CH2-])CC(F)(C(F)(F)F)C(F)(F)F.[U]. The molecule has 0 aromatic carbocycles. The van der Waals surface area contributed by atoms with Gasteiger partial charge in [-0.05, 0) is 12.8 Å². The summed E-state index contributed by atoms with van der Waals surface area (Å²) in [5.74, 6) is -1.29. The second-order valence-corrected chi connectivity index (χ2v) is 3.73. The topological polar surface area (TPSA) is 0 Å². The maximum atomic E-state index is 13.2. The van der Waals surface area contributed by atoms with Crippen LogP contribution in [0.1, 0.15) is 19.3 Å². The number of rotatable bonds is 5. The standard InChI is InChI=1S/C10H12F7.U/c1-3-4-5-7(2)6-8(11,9(12,13)14)10(15,16)17;/h3,7H,1-2,4-6H2;/q-1;. The van der Waals surface area contributed by atoms with E-state index in [1.165, 1.54) is 6.08 Å². The molecular weight excluding hydrogens is 491 g/mol. The molecule has 0 aliphatic carbocycles. The molecule has 0 saturated carbocycles. The zero-order valence-electron chi connectivity index (χ0n) is 9.34. The average Bonchev–Trinajstić information content (AvgIpc) is 2.10. The van der Waals surface area contributed by atoms with Crippen LogP contribution in [0.4, 0.5) is 30.7 Å². The summed E-state index contributed by atoms with van der Waals surface area (Å²) in [4.78, 5) is 0. The van der Waals surface area contributed by atoms with E-state index in [4.69, 9.17) is 0 Å². The van der Waals surface area contributed by atoms with Gasteiger partial charge in [-0.25, -0.2) is 4.39 Å². The van der Waals surface area contributed by atoms with Crippen molar-refractivity contribution in [1.29, 1.82) is 0 Å². The number of allylic oxidation sites excluding steroid dienone is 1. The normalized spacial score (nSPS) is 14.9. The summed E-state index contributed by atoms with van der Waals surface area (Å²) < 4.78 is 86.0. The van der Waals surface area contributed by atoms with Crippen LogP contribution in [0.3, 0.4) is 0 Å². The van der Waals surface area contributed by atoms with Crippen molar-refractivity contribution in [3.05, 3.63) is 19.6 Å². The van der Waals surface area contributed by atoms with Gasteiger partial charge in [0.25, 0.3) is 5.67 Å². The predicted molar refractivity (Wildman–Crippen MR) is 48.8 cm³/mol. The van der Waals surface area contributed by atoms with Gasteiger partial charge in [-0.3, -0.25) is 0 Å². The van der Waals surface area contributed by atoms with Crippen LogP contribution in [-0.2, 0) is 0 Å². The van der Waals surface area contributed by atoms with Crippen molar-refractivity contribution in [3.8, 4) is 0 Å². The minimum Gasteiger partial charge on any atom is -0.340 e. The van der Waals surface area contributed by atoms with Crippen LogP contribution in [0.15, 0.2) is 12.7 Å². The van der Waals surface area contributed by atoms with E-state index < -0.39 is 30.4 Å². The molecule has 0 nitrogen and oxygen atoms in total. The van der Waals surface area contributed by atoms with Gasteiger partial charge in [0.15, 0.2) is 0 Å². The third-order valence-electron chi connectivity index (χ3n) is 2.25. The first-order valence-corrected chi connectivity index (χ1v) is 4.72. The number of hydrogen-bond acceptors (Lipinski definition) is 0. The molecule has 0 heterocycles. The molecule has 0 radical (unpaired) electrons. The smallest absolute Gasteiger partial charge is 0.340 e. The molecule has 0 bridgehead atoms. The first-order valence-electron chi connectivity index (χ1n) is 4.72. The van der Waals surface area contributed by atoms with Crippen molar-refractivity contribution in [2.24, 2.45) is 5.92 Å². The van der Waals surface area contributed by atoms with E-state index in [-0.39, 0.29) is 44.0 Å². The molecule has 8 heteroatoms. The van der Waals surface area contributed by atoms with E-state index in [1.54, 1.807) is 0 Å². The van der Waals surface area contributed by atoms with Gasteiger partial charge < -0.3 is 6.92 Å². The van der Waals surface area contributed by atoms with Gasteiger partial charge in [0.1, 0.15) is 0 Å². The number of alkyl halides is 7.